The van der Waals surface area contributed by atoms with Gasteiger partial charge in [-0.25, -0.2) is 4.39 Å². The Morgan fingerprint density at radius 1 is 1.15 bits per heavy atom. The van der Waals surface area contributed by atoms with Gasteiger partial charge in [0.1, 0.15) is 5.82 Å². The van der Waals surface area contributed by atoms with Crippen LogP contribution in [0.5, 0.6) is 0 Å². The first-order valence-corrected chi connectivity index (χ1v) is 7.30. The molecule has 4 heteroatoms. The highest BCUT2D eigenvalue weighted by molar-refractivity contribution is 6.39. The Balaban J connectivity index is 1.93. The van der Waals surface area contributed by atoms with E-state index in [1.807, 2.05) is 0 Å². The van der Waals surface area contributed by atoms with Gasteiger partial charge in [-0.15, -0.1) is 0 Å². The van der Waals surface area contributed by atoms with Crippen molar-refractivity contribution in [3.8, 4) is 0 Å². The Morgan fingerprint density at radius 2 is 1.85 bits per heavy atom. The average molecular weight is 310 g/mol. The molecule has 0 saturated carbocycles. The van der Waals surface area contributed by atoms with E-state index in [0.29, 0.717) is 15.7 Å². The molecular formula is C16H14Cl2FN. The maximum Gasteiger partial charge on any atom is 0.126 e. The maximum absolute atomic E-state index is 13.2. The molecule has 0 saturated heterocycles. The van der Waals surface area contributed by atoms with E-state index in [2.05, 4.69) is 30.4 Å². The maximum atomic E-state index is 13.2. The third kappa shape index (κ3) is 2.50. The predicted octanol–water partition coefficient (Wildman–Crippen LogP) is 5.54. The van der Waals surface area contributed by atoms with Gasteiger partial charge in [0.2, 0.25) is 0 Å². The summed E-state index contributed by atoms with van der Waals surface area (Å²) in [4.78, 5) is 0. The van der Waals surface area contributed by atoms with Crippen molar-refractivity contribution in [1.82, 2.24) is 0 Å². The molecular weight excluding hydrogens is 296 g/mol. The summed E-state index contributed by atoms with van der Waals surface area (Å²) in [5.74, 6) is -0.423. The zero-order chi connectivity index (χ0) is 14.3. The first-order valence-electron chi connectivity index (χ1n) is 6.55. The largest absolute Gasteiger partial charge is 0.376 e. The van der Waals surface area contributed by atoms with Crippen LogP contribution in [0.1, 0.15) is 29.2 Å². The second-order valence-corrected chi connectivity index (χ2v) is 6.00. The van der Waals surface area contributed by atoms with E-state index >= 15 is 0 Å². The van der Waals surface area contributed by atoms with Crippen LogP contribution in [0.15, 0.2) is 30.3 Å². The SMILES string of the molecule is Cc1ccc2c(c1)C(Nc1c(Cl)cc(F)cc1Cl)CC2. The number of hydrogen-bond donors (Lipinski definition) is 1. The van der Waals surface area contributed by atoms with E-state index in [1.54, 1.807) is 0 Å². The molecule has 1 atom stereocenters. The van der Waals surface area contributed by atoms with Crippen molar-refractivity contribution < 1.29 is 4.39 Å². The van der Waals surface area contributed by atoms with Gasteiger partial charge in [-0.05, 0) is 43.0 Å². The van der Waals surface area contributed by atoms with Gasteiger partial charge < -0.3 is 5.32 Å². The monoisotopic (exact) mass is 309 g/mol. The molecule has 3 rings (SSSR count). The van der Waals surface area contributed by atoms with Crippen molar-refractivity contribution in [3.63, 3.8) is 0 Å². The summed E-state index contributed by atoms with van der Waals surface area (Å²) in [6.07, 6.45) is 2.02. The number of benzene rings is 2. The fraction of sp³-hybridized carbons (Fsp3) is 0.250. The van der Waals surface area contributed by atoms with Crippen LogP contribution in [0.2, 0.25) is 10.0 Å². The minimum Gasteiger partial charge on any atom is -0.376 e. The molecule has 2 aromatic carbocycles. The molecule has 0 heterocycles. The van der Waals surface area contributed by atoms with Crippen LogP contribution in [0.4, 0.5) is 10.1 Å². The Morgan fingerprint density at radius 3 is 2.55 bits per heavy atom. The normalized spacial score (nSPS) is 17.1. The summed E-state index contributed by atoms with van der Waals surface area (Å²) in [7, 11) is 0. The van der Waals surface area contributed by atoms with Crippen LogP contribution in [0.3, 0.4) is 0 Å². The van der Waals surface area contributed by atoms with Gasteiger partial charge >= 0.3 is 0 Å². The van der Waals surface area contributed by atoms with Crippen LogP contribution in [0.25, 0.3) is 0 Å². The van der Waals surface area contributed by atoms with Gasteiger partial charge in [-0.2, -0.15) is 0 Å². The van der Waals surface area contributed by atoms with Gasteiger partial charge in [0.25, 0.3) is 0 Å². The summed E-state index contributed by atoms with van der Waals surface area (Å²) < 4.78 is 13.2. The fourth-order valence-electron chi connectivity index (χ4n) is 2.73. The van der Waals surface area contributed by atoms with E-state index < -0.39 is 5.82 Å². The molecule has 104 valence electrons. The summed E-state index contributed by atoms with van der Waals surface area (Å²) in [6.45, 7) is 2.08. The summed E-state index contributed by atoms with van der Waals surface area (Å²) in [6, 6.07) is 9.21. The van der Waals surface area contributed by atoms with E-state index in [9.17, 15) is 4.39 Å². The number of rotatable bonds is 2. The number of anilines is 1. The van der Waals surface area contributed by atoms with Crippen molar-refractivity contribution in [2.75, 3.05) is 5.32 Å². The summed E-state index contributed by atoms with van der Waals surface area (Å²) in [5.41, 5.74) is 4.46. The Labute approximate surface area is 127 Å². The second-order valence-electron chi connectivity index (χ2n) is 5.18. The van der Waals surface area contributed by atoms with E-state index in [0.717, 1.165) is 12.8 Å². The second kappa shape index (κ2) is 5.27. The molecule has 0 bridgehead atoms. The van der Waals surface area contributed by atoms with Crippen molar-refractivity contribution >= 4 is 28.9 Å². The minimum atomic E-state index is -0.423. The first kappa shape index (κ1) is 13.7. The van der Waals surface area contributed by atoms with Crippen molar-refractivity contribution in [2.45, 2.75) is 25.8 Å². The van der Waals surface area contributed by atoms with Crippen LogP contribution in [0, 0.1) is 12.7 Å². The Hall–Kier alpha value is -1.25. The molecule has 0 spiro atoms. The molecule has 1 nitrogen and oxygen atoms in total. The van der Waals surface area contributed by atoms with Crippen LogP contribution < -0.4 is 5.32 Å². The quantitative estimate of drug-likeness (QED) is 0.768. The number of aryl methyl sites for hydroxylation is 2. The van der Waals surface area contributed by atoms with Gasteiger partial charge in [-0.1, -0.05) is 47.0 Å². The van der Waals surface area contributed by atoms with Crippen molar-refractivity contribution in [1.29, 1.82) is 0 Å². The zero-order valence-corrected chi connectivity index (χ0v) is 12.5. The van der Waals surface area contributed by atoms with Crippen LogP contribution >= 0.6 is 23.2 Å². The molecule has 2 aromatic rings. The molecule has 0 amide bonds. The zero-order valence-electron chi connectivity index (χ0n) is 11.0. The number of hydrogen-bond acceptors (Lipinski definition) is 1. The molecule has 0 aromatic heterocycles. The lowest BCUT2D eigenvalue weighted by molar-refractivity contribution is 0.628. The lowest BCUT2D eigenvalue weighted by atomic mass is 10.0. The fourth-order valence-corrected chi connectivity index (χ4v) is 3.30. The predicted molar refractivity (Wildman–Crippen MR) is 82.3 cm³/mol. The number of nitrogens with one attached hydrogen (secondary N) is 1. The van der Waals surface area contributed by atoms with Gasteiger partial charge in [0, 0.05) is 0 Å². The Bertz CT molecular complexity index is 647. The number of fused-ring (bicyclic) bond motifs is 1. The third-order valence-electron chi connectivity index (χ3n) is 3.70. The van der Waals surface area contributed by atoms with Gasteiger partial charge in [0.15, 0.2) is 0 Å². The van der Waals surface area contributed by atoms with Gasteiger partial charge in [-0.3, -0.25) is 0 Å². The van der Waals surface area contributed by atoms with E-state index in [-0.39, 0.29) is 6.04 Å². The topological polar surface area (TPSA) is 12.0 Å². The van der Waals surface area contributed by atoms with Crippen molar-refractivity contribution in [3.05, 3.63) is 62.9 Å². The highest BCUT2D eigenvalue weighted by atomic mass is 35.5. The van der Waals surface area contributed by atoms with E-state index in [1.165, 1.54) is 28.8 Å². The highest BCUT2D eigenvalue weighted by Gasteiger charge is 2.23. The first-order chi connectivity index (χ1) is 9.54. The molecule has 1 N–H and O–H groups in total. The minimum absolute atomic E-state index is 0.172. The molecule has 1 unspecified atom stereocenters. The molecule has 0 fully saturated rings. The number of halogens is 3. The standard InChI is InChI=1S/C16H14Cl2FN/c1-9-2-3-10-4-5-15(12(10)6-9)20-16-13(17)7-11(19)8-14(16)18/h2-3,6-8,15,20H,4-5H2,1H3. The van der Waals surface area contributed by atoms with Crippen LogP contribution in [-0.2, 0) is 6.42 Å². The lowest BCUT2D eigenvalue weighted by Crippen LogP contribution is -2.08. The Kier molecular flexibility index (Phi) is 3.61. The molecule has 0 aliphatic heterocycles. The highest BCUT2D eigenvalue weighted by Crippen LogP contribution is 2.39. The lowest BCUT2D eigenvalue weighted by Gasteiger charge is -2.18. The third-order valence-corrected chi connectivity index (χ3v) is 4.30. The molecule has 1 aliphatic carbocycles. The molecule has 1 aliphatic rings. The van der Waals surface area contributed by atoms with Crippen molar-refractivity contribution in [2.24, 2.45) is 0 Å². The molecule has 0 radical (unpaired) electrons. The smallest absolute Gasteiger partial charge is 0.126 e. The summed E-state index contributed by atoms with van der Waals surface area (Å²) >= 11 is 12.2. The summed E-state index contributed by atoms with van der Waals surface area (Å²) in [5, 5.41) is 3.99. The van der Waals surface area contributed by atoms with Crippen LogP contribution in [-0.4, -0.2) is 0 Å². The molecule has 20 heavy (non-hydrogen) atoms. The average Bonchev–Trinajstić information content (AvgIpc) is 2.76. The van der Waals surface area contributed by atoms with Gasteiger partial charge in [0.05, 0.1) is 21.8 Å². The van der Waals surface area contributed by atoms with E-state index in [4.69, 9.17) is 23.2 Å².